The van der Waals surface area contributed by atoms with Crippen LogP contribution >= 0.6 is 11.8 Å². The first-order chi connectivity index (χ1) is 11.5. The Morgan fingerprint density at radius 3 is 2.67 bits per heavy atom. The molecule has 2 N–H and O–H groups in total. The van der Waals surface area contributed by atoms with E-state index in [4.69, 9.17) is 0 Å². The Bertz CT molecular complexity index is 547. The summed E-state index contributed by atoms with van der Waals surface area (Å²) in [7, 11) is 0. The SMILES string of the molecule is Cc1ccc(CN2CCC(CNC(=O)C3(O)CCSC3)CC2)cc1. The molecule has 0 spiro atoms. The topological polar surface area (TPSA) is 52.6 Å². The minimum Gasteiger partial charge on any atom is -0.379 e. The number of likely N-dealkylation sites (tertiary alicyclic amines) is 1. The number of nitrogens with one attached hydrogen (secondary N) is 1. The second-order valence-corrected chi connectivity index (χ2v) is 8.35. The lowest BCUT2D eigenvalue weighted by atomic mass is 9.95. The third-order valence-electron chi connectivity index (χ3n) is 5.21. The van der Waals surface area contributed by atoms with Crippen LogP contribution in [0.3, 0.4) is 0 Å². The first-order valence-corrected chi connectivity index (χ1v) is 10.1. The van der Waals surface area contributed by atoms with E-state index in [1.54, 1.807) is 11.8 Å². The molecular formula is C19H28N2O2S. The van der Waals surface area contributed by atoms with E-state index in [0.29, 0.717) is 24.6 Å². The smallest absolute Gasteiger partial charge is 0.252 e. The number of aryl methyl sites for hydroxylation is 1. The quantitative estimate of drug-likeness (QED) is 0.856. The molecule has 1 amide bonds. The molecule has 2 saturated heterocycles. The molecule has 4 nitrogen and oxygen atoms in total. The van der Waals surface area contributed by atoms with Gasteiger partial charge in [0.1, 0.15) is 0 Å². The fourth-order valence-corrected chi connectivity index (χ4v) is 4.67. The van der Waals surface area contributed by atoms with Crippen LogP contribution in [0.5, 0.6) is 0 Å². The number of amides is 1. The van der Waals surface area contributed by atoms with Gasteiger partial charge in [-0.2, -0.15) is 11.8 Å². The summed E-state index contributed by atoms with van der Waals surface area (Å²) in [5.41, 5.74) is 1.54. The summed E-state index contributed by atoms with van der Waals surface area (Å²) in [6.45, 7) is 5.98. The highest BCUT2D eigenvalue weighted by atomic mass is 32.2. The monoisotopic (exact) mass is 348 g/mol. The number of benzene rings is 1. The number of carbonyl (C=O) groups excluding carboxylic acids is 1. The van der Waals surface area contributed by atoms with E-state index >= 15 is 0 Å². The number of carbonyl (C=O) groups is 1. The van der Waals surface area contributed by atoms with E-state index in [1.165, 1.54) is 11.1 Å². The Morgan fingerprint density at radius 2 is 2.04 bits per heavy atom. The van der Waals surface area contributed by atoms with E-state index < -0.39 is 5.60 Å². The van der Waals surface area contributed by atoms with Gasteiger partial charge in [0, 0.05) is 18.8 Å². The Kier molecular flexibility index (Phi) is 5.85. The zero-order valence-electron chi connectivity index (χ0n) is 14.5. The average molecular weight is 349 g/mol. The molecule has 1 aromatic carbocycles. The first kappa shape index (κ1) is 17.8. The van der Waals surface area contributed by atoms with Gasteiger partial charge in [0.05, 0.1) is 0 Å². The molecule has 132 valence electrons. The zero-order valence-corrected chi connectivity index (χ0v) is 15.3. The highest BCUT2D eigenvalue weighted by Gasteiger charge is 2.39. The lowest BCUT2D eigenvalue weighted by molar-refractivity contribution is -0.137. The van der Waals surface area contributed by atoms with Crippen LogP contribution < -0.4 is 5.32 Å². The number of piperidine rings is 1. The minimum atomic E-state index is -1.13. The predicted octanol–water partition coefficient (Wildman–Crippen LogP) is 2.19. The van der Waals surface area contributed by atoms with Gasteiger partial charge in [-0.3, -0.25) is 9.69 Å². The molecule has 5 heteroatoms. The molecular weight excluding hydrogens is 320 g/mol. The van der Waals surface area contributed by atoms with Gasteiger partial charge in [0.25, 0.3) is 5.91 Å². The van der Waals surface area contributed by atoms with Crippen molar-refractivity contribution < 1.29 is 9.90 Å². The van der Waals surface area contributed by atoms with Crippen molar-refractivity contribution in [1.82, 2.24) is 10.2 Å². The van der Waals surface area contributed by atoms with Gasteiger partial charge in [-0.15, -0.1) is 0 Å². The van der Waals surface area contributed by atoms with Gasteiger partial charge >= 0.3 is 0 Å². The molecule has 2 fully saturated rings. The van der Waals surface area contributed by atoms with E-state index in [9.17, 15) is 9.90 Å². The van der Waals surface area contributed by atoms with Crippen LogP contribution in [-0.4, -0.2) is 52.7 Å². The molecule has 0 aliphatic carbocycles. The molecule has 2 aliphatic rings. The summed E-state index contributed by atoms with van der Waals surface area (Å²) in [6.07, 6.45) is 2.80. The standard InChI is InChI=1S/C19H28N2O2S/c1-15-2-4-17(5-3-15)13-21-9-6-16(7-10-21)12-20-18(22)19(23)8-11-24-14-19/h2-5,16,23H,6-14H2,1H3,(H,20,22). The van der Waals surface area contributed by atoms with Crippen LogP contribution in [0.15, 0.2) is 24.3 Å². The number of hydrogen-bond acceptors (Lipinski definition) is 4. The predicted molar refractivity (Wildman–Crippen MR) is 99.1 cm³/mol. The van der Waals surface area contributed by atoms with Crippen molar-refractivity contribution in [3.8, 4) is 0 Å². The van der Waals surface area contributed by atoms with Gasteiger partial charge in [0.2, 0.25) is 0 Å². The normalized spacial score (nSPS) is 25.8. The Morgan fingerprint density at radius 1 is 1.33 bits per heavy atom. The molecule has 0 bridgehead atoms. The molecule has 0 radical (unpaired) electrons. The zero-order chi connectivity index (χ0) is 17.0. The molecule has 0 saturated carbocycles. The van der Waals surface area contributed by atoms with Crippen LogP contribution in [0.4, 0.5) is 0 Å². The average Bonchev–Trinajstić information content (AvgIpc) is 3.04. The molecule has 1 atom stereocenters. The van der Waals surface area contributed by atoms with Crippen molar-refractivity contribution in [2.24, 2.45) is 5.92 Å². The molecule has 3 rings (SSSR count). The fourth-order valence-electron chi connectivity index (χ4n) is 3.44. The molecule has 1 unspecified atom stereocenters. The van der Waals surface area contributed by atoms with Gasteiger partial charge in [-0.25, -0.2) is 0 Å². The van der Waals surface area contributed by atoms with E-state index in [2.05, 4.69) is 41.4 Å². The number of rotatable bonds is 5. The summed E-state index contributed by atoms with van der Waals surface area (Å²) >= 11 is 1.66. The lowest BCUT2D eigenvalue weighted by Crippen LogP contribution is -2.49. The second-order valence-electron chi connectivity index (χ2n) is 7.25. The van der Waals surface area contributed by atoms with E-state index in [-0.39, 0.29) is 5.91 Å². The van der Waals surface area contributed by atoms with Crippen molar-refractivity contribution >= 4 is 17.7 Å². The third-order valence-corrected chi connectivity index (χ3v) is 6.38. The van der Waals surface area contributed by atoms with Crippen molar-refractivity contribution in [3.05, 3.63) is 35.4 Å². The second kappa shape index (κ2) is 7.89. The van der Waals surface area contributed by atoms with Crippen molar-refractivity contribution in [2.45, 2.75) is 38.3 Å². The summed E-state index contributed by atoms with van der Waals surface area (Å²) in [5, 5.41) is 13.3. The molecule has 2 heterocycles. The summed E-state index contributed by atoms with van der Waals surface area (Å²) in [6, 6.07) is 8.76. The maximum Gasteiger partial charge on any atom is 0.252 e. The maximum absolute atomic E-state index is 12.2. The van der Waals surface area contributed by atoms with Gasteiger partial charge in [-0.1, -0.05) is 29.8 Å². The molecule has 24 heavy (non-hydrogen) atoms. The Balaban J connectivity index is 1.39. The molecule has 1 aromatic rings. The Labute approximate surface area is 149 Å². The molecule has 0 aromatic heterocycles. The number of hydrogen-bond donors (Lipinski definition) is 2. The van der Waals surface area contributed by atoms with Crippen molar-refractivity contribution in [1.29, 1.82) is 0 Å². The molecule has 2 aliphatic heterocycles. The van der Waals surface area contributed by atoms with Crippen LogP contribution in [0, 0.1) is 12.8 Å². The van der Waals surface area contributed by atoms with Crippen molar-refractivity contribution in [3.63, 3.8) is 0 Å². The van der Waals surface area contributed by atoms with Gasteiger partial charge in [-0.05, 0) is 56.5 Å². The number of aliphatic hydroxyl groups is 1. The van der Waals surface area contributed by atoms with E-state index in [0.717, 1.165) is 38.2 Å². The lowest BCUT2D eigenvalue weighted by Gasteiger charge is -2.32. The number of thioether (sulfide) groups is 1. The fraction of sp³-hybridized carbons (Fsp3) is 0.632. The third kappa shape index (κ3) is 4.52. The summed E-state index contributed by atoms with van der Waals surface area (Å²) in [5.74, 6) is 1.77. The van der Waals surface area contributed by atoms with Gasteiger partial charge in [0.15, 0.2) is 5.60 Å². The van der Waals surface area contributed by atoms with E-state index in [1.807, 2.05) is 0 Å². The highest BCUT2D eigenvalue weighted by Crippen LogP contribution is 2.28. The van der Waals surface area contributed by atoms with Crippen LogP contribution in [0.25, 0.3) is 0 Å². The summed E-state index contributed by atoms with van der Waals surface area (Å²) < 4.78 is 0. The highest BCUT2D eigenvalue weighted by molar-refractivity contribution is 7.99. The van der Waals surface area contributed by atoms with Crippen LogP contribution in [0.1, 0.15) is 30.4 Å². The minimum absolute atomic E-state index is 0.172. The largest absolute Gasteiger partial charge is 0.379 e. The summed E-state index contributed by atoms with van der Waals surface area (Å²) in [4.78, 5) is 14.6. The number of nitrogens with zero attached hydrogens (tertiary/aromatic N) is 1. The van der Waals surface area contributed by atoms with Gasteiger partial charge < -0.3 is 10.4 Å². The first-order valence-electron chi connectivity index (χ1n) is 8.91. The van der Waals surface area contributed by atoms with Crippen LogP contribution in [0.2, 0.25) is 0 Å². The van der Waals surface area contributed by atoms with Crippen molar-refractivity contribution in [2.75, 3.05) is 31.1 Å². The Hall–Kier alpha value is -1.04. The maximum atomic E-state index is 12.2. The van der Waals surface area contributed by atoms with Crippen LogP contribution in [-0.2, 0) is 11.3 Å².